The van der Waals surface area contributed by atoms with Crippen molar-refractivity contribution in [1.29, 1.82) is 0 Å². The summed E-state index contributed by atoms with van der Waals surface area (Å²) in [6.07, 6.45) is 3.41. The number of aromatic nitrogens is 2. The van der Waals surface area contributed by atoms with Gasteiger partial charge >= 0.3 is 6.09 Å². The number of aryl methyl sites for hydroxylation is 4. The Balaban J connectivity index is 1.22. The second-order valence-corrected chi connectivity index (χ2v) is 8.37. The monoisotopic (exact) mass is 430 g/mol. The van der Waals surface area contributed by atoms with Gasteiger partial charge in [0.2, 0.25) is 0 Å². The maximum atomic E-state index is 12.6. The summed E-state index contributed by atoms with van der Waals surface area (Å²) in [5, 5.41) is 0. The predicted molar refractivity (Wildman–Crippen MR) is 125 cm³/mol. The SMILES string of the molecule is Cc1ccc(CCc2ccc(OC(=O)N3CCN(Cc4cccc(C)n4)CC3)cc2)nc1. The lowest BCUT2D eigenvalue weighted by Crippen LogP contribution is -2.49. The maximum Gasteiger partial charge on any atom is 0.415 e. The van der Waals surface area contributed by atoms with E-state index in [-0.39, 0.29) is 6.09 Å². The lowest BCUT2D eigenvalue weighted by molar-refractivity contribution is 0.107. The number of ether oxygens (including phenoxy) is 1. The first-order valence-electron chi connectivity index (χ1n) is 11.2. The summed E-state index contributed by atoms with van der Waals surface area (Å²) in [5.41, 5.74) is 5.56. The highest BCUT2D eigenvalue weighted by Gasteiger charge is 2.23. The third-order valence-electron chi connectivity index (χ3n) is 5.73. The van der Waals surface area contributed by atoms with Crippen LogP contribution in [0.2, 0.25) is 0 Å². The molecule has 1 aliphatic rings. The molecule has 0 aliphatic carbocycles. The molecule has 1 aromatic carbocycles. The molecule has 1 saturated heterocycles. The Labute approximate surface area is 189 Å². The van der Waals surface area contributed by atoms with Crippen molar-refractivity contribution in [2.45, 2.75) is 33.2 Å². The van der Waals surface area contributed by atoms with Crippen molar-refractivity contribution in [3.63, 3.8) is 0 Å². The summed E-state index contributed by atoms with van der Waals surface area (Å²) in [6, 6.07) is 18.0. The van der Waals surface area contributed by atoms with E-state index in [1.165, 1.54) is 11.1 Å². The number of nitrogens with zero attached hydrogens (tertiary/aromatic N) is 4. The highest BCUT2D eigenvalue weighted by atomic mass is 16.6. The molecule has 3 aromatic rings. The van der Waals surface area contributed by atoms with E-state index in [1.54, 1.807) is 4.90 Å². The Bertz CT molecular complexity index is 1030. The molecule has 0 unspecified atom stereocenters. The first-order valence-corrected chi connectivity index (χ1v) is 11.2. The largest absolute Gasteiger partial charge is 0.415 e. The zero-order chi connectivity index (χ0) is 22.3. The second-order valence-electron chi connectivity index (χ2n) is 8.37. The highest BCUT2D eigenvalue weighted by Crippen LogP contribution is 2.16. The minimum Gasteiger partial charge on any atom is -0.410 e. The van der Waals surface area contributed by atoms with Crippen molar-refractivity contribution in [3.8, 4) is 5.75 Å². The van der Waals surface area contributed by atoms with Gasteiger partial charge in [-0.3, -0.25) is 14.9 Å². The van der Waals surface area contributed by atoms with Crippen LogP contribution in [0.3, 0.4) is 0 Å². The average Bonchev–Trinajstić information content (AvgIpc) is 2.80. The van der Waals surface area contributed by atoms with Crippen LogP contribution in [0, 0.1) is 13.8 Å². The van der Waals surface area contributed by atoms with Crippen molar-refractivity contribution < 1.29 is 9.53 Å². The zero-order valence-electron chi connectivity index (χ0n) is 18.8. The first kappa shape index (κ1) is 22.0. The van der Waals surface area contributed by atoms with Gasteiger partial charge < -0.3 is 9.64 Å². The Kier molecular flexibility index (Phi) is 7.12. The third-order valence-corrected chi connectivity index (χ3v) is 5.73. The van der Waals surface area contributed by atoms with Gasteiger partial charge in [0.25, 0.3) is 0 Å². The van der Waals surface area contributed by atoms with Crippen LogP contribution in [0.1, 0.15) is 28.2 Å². The van der Waals surface area contributed by atoms with Gasteiger partial charge in [-0.25, -0.2) is 4.79 Å². The van der Waals surface area contributed by atoms with Crippen molar-refractivity contribution >= 4 is 6.09 Å². The number of amides is 1. The molecule has 1 fully saturated rings. The molecule has 3 heterocycles. The fourth-order valence-electron chi connectivity index (χ4n) is 3.81. The van der Waals surface area contributed by atoms with Gasteiger partial charge in [0.05, 0.1) is 5.69 Å². The van der Waals surface area contributed by atoms with E-state index in [0.29, 0.717) is 18.8 Å². The molecule has 1 amide bonds. The van der Waals surface area contributed by atoms with E-state index in [2.05, 4.69) is 33.1 Å². The fourth-order valence-corrected chi connectivity index (χ4v) is 3.81. The summed E-state index contributed by atoms with van der Waals surface area (Å²) in [6.45, 7) is 7.81. The molecule has 2 aromatic heterocycles. The number of piperazine rings is 1. The smallest absolute Gasteiger partial charge is 0.410 e. The van der Waals surface area contributed by atoms with Crippen molar-refractivity contribution in [3.05, 3.63) is 89.0 Å². The predicted octanol–water partition coefficient (Wildman–Crippen LogP) is 4.20. The van der Waals surface area contributed by atoms with Crippen molar-refractivity contribution in [2.75, 3.05) is 26.2 Å². The number of hydrogen-bond donors (Lipinski definition) is 0. The standard InChI is InChI=1S/C26H30N4O2/c1-20-6-10-23(27-18-20)11-7-22-8-12-25(13-9-22)32-26(31)30-16-14-29(15-17-30)19-24-5-3-4-21(2)28-24/h3-6,8-10,12-13,18H,7,11,14-17,19H2,1-2H3. The van der Waals surface area contributed by atoms with E-state index < -0.39 is 0 Å². The molecule has 0 bridgehead atoms. The van der Waals surface area contributed by atoms with Gasteiger partial charge in [0.15, 0.2) is 0 Å². The van der Waals surface area contributed by atoms with Gasteiger partial charge in [-0.15, -0.1) is 0 Å². The van der Waals surface area contributed by atoms with Gasteiger partial charge in [-0.05, 0) is 68.1 Å². The molecule has 1 aliphatic heterocycles. The summed E-state index contributed by atoms with van der Waals surface area (Å²) in [5.74, 6) is 0.582. The summed E-state index contributed by atoms with van der Waals surface area (Å²) >= 11 is 0. The quantitative estimate of drug-likeness (QED) is 0.587. The molecule has 6 heteroatoms. The summed E-state index contributed by atoms with van der Waals surface area (Å²) in [7, 11) is 0. The Morgan fingerprint density at radius 3 is 2.38 bits per heavy atom. The van der Waals surface area contributed by atoms with Crippen LogP contribution in [0.15, 0.2) is 60.8 Å². The maximum absolute atomic E-state index is 12.6. The average molecular weight is 431 g/mol. The minimum absolute atomic E-state index is 0.282. The highest BCUT2D eigenvalue weighted by molar-refractivity contribution is 5.70. The number of carbonyl (C=O) groups excluding carboxylic acids is 1. The first-order chi connectivity index (χ1) is 15.5. The topological polar surface area (TPSA) is 58.6 Å². The Hall–Kier alpha value is -3.25. The molecule has 0 radical (unpaired) electrons. The molecule has 0 atom stereocenters. The third kappa shape index (κ3) is 6.14. The number of pyridine rings is 2. The van der Waals surface area contributed by atoms with Crippen LogP contribution in [0.25, 0.3) is 0 Å². The van der Waals surface area contributed by atoms with E-state index >= 15 is 0 Å². The van der Waals surface area contributed by atoms with E-state index in [9.17, 15) is 4.79 Å². The van der Waals surface area contributed by atoms with Crippen LogP contribution in [0.4, 0.5) is 4.79 Å². The molecular weight excluding hydrogens is 400 g/mol. The molecule has 32 heavy (non-hydrogen) atoms. The molecule has 0 spiro atoms. The molecule has 0 N–H and O–H groups in total. The summed E-state index contributed by atoms with van der Waals surface area (Å²) < 4.78 is 5.60. The van der Waals surface area contributed by atoms with Crippen LogP contribution in [-0.4, -0.2) is 52.0 Å². The van der Waals surface area contributed by atoms with Gasteiger partial charge in [0, 0.05) is 50.3 Å². The minimum atomic E-state index is -0.282. The molecule has 166 valence electrons. The van der Waals surface area contributed by atoms with E-state index in [0.717, 1.165) is 49.6 Å². The molecule has 6 nitrogen and oxygen atoms in total. The molecular formula is C26H30N4O2. The zero-order valence-corrected chi connectivity index (χ0v) is 18.8. The second kappa shape index (κ2) is 10.4. The molecule has 0 saturated carbocycles. The normalized spacial score (nSPS) is 14.4. The van der Waals surface area contributed by atoms with Crippen LogP contribution >= 0.6 is 0 Å². The van der Waals surface area contributed by atoms with Crippen LogP contribution in [-0.2, 0) is 19.4 Å². The number of benzene rings is 1. The number of carbonyl (C=O) groups is 1. The Morgan fingerprint density at radius 2 is 1.69 bits per heavy atom. The van der Waals surface area contributed by atoms with Crippen molar-refractivity contribution in [2.24, 2.45) is 0 Å². The number of rotatable bonds is 6. The number of hydrogen-bond acceptors (Lipinski definition) is 5. The van der Waals surface area contributed by atoms with Gasteiger partial charge in [0.1, 0.15) is 5.75 Å². The Morgan fingerprint density at radius 1 is 0.906 bits per heavy atom. The summed E-state index contributed by atoms with van der Waals surface area (Å²) in [4.78, 5) is 25.7. The fraction of sp³-hybridized carbons (Fsp3) is 0.346. The van der Waals surface area contributed by atoms with Gasteiger partial charge in [-0.1, -0.05) is 24.3 Å². The van der Waals surface area contributed by atoms with Crippen LogP contribution in [0.5, 0.6) is 5.75 Å². The van der Waals surface area contributed by atoms with E-state index in [4.69, 9.17) is 4.74 Å². The van der Waals surface area contributed by atoms with E-state index in [1.807, 2.05) is 56.4 Å². The van der Waals surface area contributed by atoms with Crippen LogP contribution < -0.4 is 4.74 Å². The lowest BCUT2D eigenvalue weighted by atomic mass is 10.1. The molecule has 4 rings (SSSR count). The van der Waals surface area contributed by atoms with Crippen molar-refractivity contribution in [1.82, 2.24) is 19.8 Å². The van der Waals surface area contributed by atoms with Gasteiger partial charge in [-0.2, -0.15) is 0 Å². The lowest BCUT2D eigenvalue weighted by Gasteiger charge is -2.33.